The van der Waals surface area contributed by atoms with Crippen LogP contribution in [-0.2, 0) is 4.79 Å². The molecule has 1 amide bonds. The first-order valence-electron chi connectivity index (χ1n) is 9.73. The van der Waals surface area contributed by atoms with Crippen LogP contribution in [0.2, 0.25) is 5.02 Å². The van der Waals surface area contributed by atoms with Crippen molar-refractivity contribution in [3.63, 3.8) is 0 Å². The fourth-order valence-electron chi connectivity index (χ4n) is 3.32. The van der Waals surface area contributed by atoms with Gasteiger partial charge in [0.15, 0.2) is 5.13 Å². The van der Waals surface area contributed by atoms with E-state index in [2.05, 4.69) is 14.9 Å². The lowest BCUT2D eigenvalue weighted by Gasteiger charge is -2.34. The Balaban J connectivity index is 1.21. The van der Waals surface area contributed by atoms with E-state index in [1.54, 1.807) is 17.5 Å². The first-order valence-corrected chi connectivity index (χ1v) is 10.9. The summed E-state index contributed by atoms with van der Waals surface area (Å²) < 4.78 is 5.73. The van der Waals surface area contributed by atoms with E-state index >= 15 is 0 Å². The normalized spacial score (nSPS) is 14.4. The Kier molecular flexibility index (Phi) is 6.16. The van der Waals surface area contributed by atoms with Crippen molar-refractivity contribution < 1.29 is 9.53 Å². The number of pyridine rings is 1. The lowest BCUT2D eigenvalue weighted by Crippen LogP contribution is -2.48. The summed E-state index contributed by atoms with van der Waals surface area (Å²) in [7, 11) is 0. The third kappa shape index (κ3) is 4.79. The second kappa shape index (κ2) is 8.97. The number of carbonyl (C=O) groups excluding carboxylic acids is 1. The van der Waals surface area contributed by atoms with Crippen LogP contribution < -0.4 is 9.64 Å². The van der Waals surface area contributed by atoms with Crippen molar-refractivity contribution in [1.29, 1.82) is 0 Å². The molecule has 4 rings (SSSR count). The Hall–Kier alpha value is -2.38. The molecular formula is C21H23ClN4O2S. The van der Waals surface area contributed by atoms with E-state index in [0.29, 0.717) is 19.4 Å². The summed E-state index contributed by atoms with van der Waals surface area (Å²) in [5, 5.41) is 1.71. The highest BCUT2D eigenvalue weighted by atomic mass is 35.5. The van der Waals surface area contributed by atoms with Crippen LogP contribution in [0.3, 0.4) is 0 Å². The monoisotopic (exact) mass is 430 g/mol. The van der Waals surface area contributed by atoms with Gasteiger partial charge in [0.05, 0.1) is 6.61 Å². The molecule has 3 heterocycles. The van der Waals surface area contributed by atoms with Gasteiger partial charge < -0.3 is 14.5 Å². The van der Waals surface area contributed by atoms with Crippen molar-refractivity contribution in [3.05, 3.63) is 47.1 Å². The summed E-state index contributed by atoms with van der Waals surface area (Å²) in [6.45, 7) is 5.51. The molecule has 8 heteroatoms. The van der Waals surface area contributed by atoms with E-state index < -0.39 is 0 Å². The number of rotatable bonds is 6. The predicted octanol–water partition coefficient (Wildman–Crippen LogP) is 4.16. The highest BCUT2D eigenvalue weighted by Crippen LogP contribution is 2.27. The molecule has 3 aromatic rings. The Morgan fingerprint density at radius 1 is 1.24 bits per heavy atom. The number of halogens is 1. The maximum atomic E-state index is 12.5. The molecule has 1 aliphatic rings. The number of aryl methyl sites for hydroxylation is 1. The summed E-state index contributed by atoms with van der Waals surface area (Å²) in [5.41, 5.74) is 1.92. The Bertz CT molecular complexity index is 968. The molecule has 0 radical (unpaired) electrons. The zero-order valence-electron chi connectivity index (χ0n) is 16.3. The highest BCUT2D eigenvalue weighted by Gasteiger charge is 2.23. The number of amides is 1. The Labute approximate surface area is 179 Å². The number of hydrogen-bond acceptors (Lipinski definition) is 6. The largest absolute Gasteiger partial charge is 0.494 e. The van der Waals surface area contributed by atoms with Gasteiger partial charge in [0.1, 0.15) is 16.1 Å². The van der Waals surface area contributed by atoms with Gasteiger partial charge in [-0.1, -0.05) is 22.9 Å². The molecule has 1 saturated heterocycles. The summed E-state index contributed by atoms with van der Waals surface area (Å²) in [4.78, 5) is 26.7. The molecule has 1 aromatic carbocycles. The number of thiazole rings is 1. The summed E-state index contributed by atoms with van der Waals surface area (Å²) >= 11 is 7.63. The van der Waals surface area contributed by atoms with Crippen molar-refractivity contribution in [2.75, 3.05) is 37.7 Å². The van der Waals surface area contributed by atoms with Crippen LogP contribution in [0.15, 0.2) is 36.5 Å². The number of benzene rings is 1. The minimum Gasteiger partial charge on any atom is -0.494 e. The molecule has 29 heavy (non-hydrogen) atoms. The minimum atomic E-state index is 0.187. The average molecular weight is 431 g/mol. The van der Waals surface area contributed by atoms with Gasteiger partial charge in [-0.15, -0.1) is 0 Å². The van der Waals surface area contributed by atoms with Crippen molar-refractivity contribution in [2.24, 2.45) is 0 Å². The van der Waals surface area contributed by atoms with Crippen molar-refractivity contribution in [3.8, 4) is 5.75 Å². The fraction of sp³-hybridized carbons (Fsp3) is 0.381. The van der Waals surface area contributed by atoms with E-state index in [4.69, 9.17) is 16.3 Å². The first kappa shape index (κ1) is 19.9. The lowest BCUT2D eigenvalue weighted by molar-refractivity contribution is -0.131. The zero-order chi connectivity index (χ0) is 20.2. The molecule has 2 aromatic heterocycles. The average Bonchev–Trinajstić information content (AvgIpc) is 3.18. The van der Waals surface area contributed by atoms with Gasteiger partial charge in [0, 0.05) is 43.8 Å². The molecule has 0 atom stereocenters. The zero-order valence-corrected chi connectivity index (χ0v) is 17.9. The van der Waals surface area contributed by atoms with E-state index in [0.717, 1.165) is 58.0 Å². The Morgan fingerprint density at radius 3 is 2.83 bits per heavy atom. The van der Waals surface area contributed by atoms with Crippen molar-refractivity contribution in [2.45, 2.75) is 19.8 Å². The molecule has 1 aliphatic heterocycles. The van der Waals surface area contributed by atoms with E-state index in [9.17, 15) is 4.79 Å². The van der Waals surface area contributed by atoms with E-state index in [1.807, 2.05) is 42.2 Å². The fourth-order valence-corrected chi connectivity index (χ4v) is 4.40. The van der Waals surface area contributed by atoms with Crippen LogP contribution in [0.5, 0.6) is 5.75 Å². The number of piperazine rings is 1. The number of nitrogens with zero attached hydrogens (tertiary/aromatic N) is 4. The molecular weight excluding hydrogens is 408 g/mol. The second-order valence-electron chi connectivity index (χ2n) is 7.05. The van der Waals surface area contributed by atoms with E-state index in [1.165, 1.54) is 0 Å². The topological polar surface area (TPSA) is 58.6 Å². The van der Waals surface area contributed by atoms with Crippen LogP contribution in [-0.4, -0.2) is 53.6 Å². The Morgan fingerprint density at radius 2 is 2.07 bits per heavy atom. The van der Waals surface area contributed by atoms with Crippen molar-refractivity contribution >= 4 is 44.3 Å². The summed E-state index contributed by atoms with van der Waals surface area (Å²) in [6.07, 6.45) is 2.99. The van der Waals surface area contributed by atoms with Gasteiger partial charge in [0.25, 0.3) is 0 Å². The van der Waals surface area contributed by atoms with Crippen LogP contribution >= 0.6 is 22.9 Å². The molecule has 1 fully saturated rings. The molecule has 0 saturated carbocycles. The van der Waals surface area contributed by atoms with Gasteiger partial charge in [-0.05, 0) is 49.2 Å². The smallest absolute Gasteiger partial charge is 0.222 e. The van der Waals surface area contributed by atoms with Crippen molar-refractivity contribution in [1.82, 2.24) is 14.9 Å². The molecule has 0 spiro atoms. The SMILES string of the molecule is Cc1cc(OCCCC(=O)N2CCN(c3nc4cccnc4s3)CC2)ccc1Cl. The van der Waals surface area contributed by atoms with Gasteiger partial charge in [-0.2, -0.15) is 0 Å². The number of fused-ring (bicyclic) bond motifs is 1. The predicted molar refractivity (Wildman–Crippen MR) is 117 cm³/mol. The van der Waals surface area contributed by atoms with Crippen LogP contribution in [0.1, 0.15) is 18.4 Å². The maximum absolute atomic E-state index is 12.5. The summed E-state index contributed by atoms with van der Waals surface area (Å²) in [5.74, 6) is 0.977. The third-order valence-corrected chi connectivity index (χ3v) is 6.46. The maximum Gasteiger partial charge on any atom is 0.222 e. The number of aromatic nitrogens is 2. The number of hydrogen-bond donors (Lipinski definition) is 0. The molecule has 0 unspecified atom stereocenters. The molecule has 0 N–H and O–H groups in total. The second-order valence-corrected chi connectivity index (χ2v) is 8.42. The lowest BCUT2D eigenvalue weighted by atomic mass is 10.2. The molecule has 0 bridgehead atoms. The quantitative estimate of drug-likeness (QED) is 0.549. The minimum absolute atomic E-state index is 0.187. The van der Waals surface area contributed by atoms with Gasteiger partial charge in [-0.3, -0.25) is 4.79 Å². The number of ether oxygens (including phenoxy) is 1. The van der Waals surface area contributed by atoms with Gasteiger partial charge in [-0.25, -0.2) is 9.97 Å². The number of anilines is 1. The first-order chi connectivity index (χ1) is 14.1. The van der Waals surface area contributed by atoms with Crippen LogP contribution in [0, 0.1) is 6.92 Å². The standard InChI is InChI=1S/C21H23ClN4O2S/c1-15-14-16(6-7-17(15)22)28-13-3-5-19(27)25-9-11-26(12-10-25)21-24-18-4-2-8-23-20(18)29-21/h2,4,6-8,14H,3,5,9-13H2,1H3. The number of carbonyl (C=O) groups is 1. The van der Waals surface area contributed by atoms with E-state index in [-0.39, 0.29) is 5.91 Å². The summed E-state index contributed by atoms with van der Waals surface area (Å²) in [6, 6.07) is 9.49. The third-order valence-electron chi connectivity index (χ3n) is 4.99. The van der Waals surface area contributed by atoms with Gasteiger partial charge in [0.2, 0.25) is 5.91 Å². The highest BCUT2D eigenvalue weighted by molar-refractivity contribution is 7.21. The van der Waals surface area contributed by atoms with Gasteiger partial charge >= 0.3 is 0 Å². The molecule has 152 valence electrons. The van der Waals surface area contributed by atoms with Crippen LogP contribution in [0.25, 0.3) is 10.3 Å². The van der Waals surface area contributed by atoms with Crippen LogP contribution in [0.4, 0.5) is 5.13 Å². The molecule has 0 aliphatic carbocycles. The molecule has 6 nitrogen and oxygen atoms in total.